The molecule has 2 rings (SSSR count). The highest BCUT2D eigenvalue weighted by atomic mass is 19.1. The number of benzene rings is 1. The maximum absolute atomic E-state index is 13.7. The molecule has 1 aliphatic rings. The highest BCUT2D eigenvalue weighted by molar-refractivity contribution is 5.93. The molecule has 1 saturated heterocycles. The third-order valence-corrected chi connectivity index (χ3v) is 3.46. The van der Waals surface area contributed by atoms with Crippen LogP contribution in [0.3, 0.4) is 0 Å². The largest absolute Gasteiger partial charge is 0.338 e. The van der Waals surface area contributed by atoms with Gasteiger partial charge in [0.05, 0.1) is 11.6 Å². The van der Waals surface area contributed by atoms with Crippen LogP contribution < -0.4 is 5.32 Å². The van der Waals surface area contributed by atoms with Gasteiger partial charge < -0.3 is 10.2 Å². The first-order valence-electron chi connectivity index (χ1n) is 6.36. The lowest BCUT2D eigenvalue weighted by Crippen LogP contribution is -2.38. The number of hydrogen-bond acceptors (Lipinski definition) is 3. The second-order valence-electron chi connectivity index (χ2n) is 4.91. The van der Waals surface area contributed by atoms with Crippen molar-refractivity contribution in [1.82, 2.24) is 10.2 Å². The summed E-state index contributed by atoms with van der Waals surface area (Å²) in [5, 5.41) is 11.9. The first-order chi connectivity index (χ1) is 9.52. The molecule has 1 heterocycles. The van der Waals surface area contributed by atoms with E-state index in [0.29, 0.717) is 16.7 Å². The van der Waals surface area contributed by atoms with Crippen LogP contribution in [0.5, 0.6) is 0 Å². The first kappa shape index (κ1) is 14.2. The van der Waals surface area contributed by atoms with Gasteiger partial charge in [0.25, 0.3) is 0 Å². The number of nitrogens with one attached hydrogen (secondary N) is 1. The van der Waals surface area contributed by atoms with Crippen LogP contribution in [0, 0.1) is 17.1 Å². The maximum atomic E-state index is 13.7. The predicted octanol–water partition coefficient (Wildman–Crippen LogP) is 1.58. The van der Waals surface area contributed by atoms with Crippen molar-refractivity contribution in [2.75, 3.05) is 20.1 Å². The Balaban J connectivity index is 2.13. The zero-order valence-electron chi connectivity index (χ0n) is 11.5. The number of halogens is 1. The van der Waals surface area contributed by atoms with E-state index in [1.54, 1.807) is 14.0 Å². The average molecular weight is 273 g/mol. The maximum Gasteiger partial charge on any atom is 0.249 e. The van der Waals surface area contributed by atoms with Gasteiger partial charge in [-0.15, -0.1) is 0 Å². The third kappa shape index (κ3) is 2.86. The third-order valence-electron chi connectivity index (χ3n) is 3.46. The number of nitrogens with zero attached hydrogens (tertiary/aromatic N) is 2. The molecule has 1 aliphatic heterocycles. The first-order valence-corrected chi connectivity index (χ1v) is 6.36. The summed E-state index contributed by atoms with van der Waals surface area (Å²) < 4.78 is 13.7. The highest BCUT2D eigenvalue weighted by Crippen LogP contribution is 2.16. The van der Waals surface area contributed by atoms with Gasteiger partial charge in [0.15, 0.2) is 0 Å². The van der Waals surface area contributed by atoms with E-state index < -0.39 is 5.82 Å². The van der Waals surface area contributed by atoms with Crippen LogP contribution in [0.15, 0.2) is 29.3 Å². The minimum atomic E-state index is -0.403. The van der Waals surface area contributed by atoms with Crippen molar-refractivity contribution in [3.8, 4) is 6.07 Å². The van der Waals surface area contributed by atoms with Crippen LogP contribution in [-0.2, 0) is 11.3 Å². The van der Waals surface area contributed by atoms with Gasteiger partial charge in [-0.05, 0) is 30.7 Å². The molecule has 0 unspecified atom stereocenters. The lowest BCUT2D eigenvalue weighted by Gasteiger charge is -2.24. The minimum Gasteiger partial charge on any atom is -0.338 e. The molecule has 104 valence electrons. The summed E-state index contributed by atoms with van der Waals surface area (Å²) in [6.45, 7) is 3.42. The average Bonchev–Trinajstić information content (AvgIpc) is 2.38. The molecule has 20 heavy (non-hydrogen) atoms. The van der Waals surface area contributed by atoms with E-state index >= 15 is 0 Å². The Morgan fingerprint density at radius 1 is 1.50 bits per heavy atom. The standard InChI is InChI=1S/C15H16FN3O/c1-10(13-7-18-8-13)15(20)19(2)9-12-5-11(6-17)3-4-14(12)16/h3-5,18H,7-9H2,1-2H3. The summed E-state index contributed by atoms with van der Waals surface area (Å²) >= 11 is 0. The van der Waals surface area contributed by atoms with Gasteiger partial charge in [0, 0.05) is 37.8 Å². The van der Waals surface area contributed by atoms with Crippen LogP contribution in [0.2, 0.25) is 0 Å². The SMILES string of the molecule is CC(C(=O)N(C)Cc1cc(C#N)ccc1F)=C1CNC1. The molecule has 1 fully saturated rings. The van der Waals surface area contributed by atoms with Crippen molar-refractivity contribution in [2.45, 2.75) is 13.5 Å². The number of carbonyl (C=O) groups excluding carboxylic acids is 1. The fraction of sp³-hybridized carbons (Fsp3) is 0.333. The Morgan fingerprint density at radius 2 is 2.20 bits per heavy atom. The van der Waals surface area contributed by atoms with Gasteiger partial charge in [0.1, 0.15) is 5.82 Å². The van der Waals surface area contributed by atoms with Gasteiger partial charge in [0.2, 0.25) is 5.91 Å². The van der Waals surface area contributed by atoms with Gasteiger partial charge in [-0.1, -0.05) is 0 Å². The molecule has 0 aliphatic carbocycles. The molecule has 0 spiro atoms. The second kappa shape index (κ2) is 5.85. The van der Waals surface area contributed by atoms with Gasteiger partial charge >= 0.3 is 0 Å². The molecular weight excluding hydrogens is 257 g/mol. The van der Waals surface area contributed by atoms with Gasteiger partial charge in [-0.2, -0.15) is 5.26 Å². The van der Waals surface area contributed by atoms with Crippen molar-refractivity contribution in [2.24, 2.45) is 0 Å². The number of carbonyl (C=O) groups is 1. The van der Waals surface area contributed by atoms with Crippen LogP contribution in [0.25, 0.3) is 0 Å². The predicted molar refractivity (Wildman–Crippen MR) is 73.2 cm³/mol. The number of rotatable bonds is 3. The van der Waals surface area contributed by atoms with Crippen LogP contribution in [0.4, 0.5) is 4.39 Å². The van der Waals surface area contributed by atoms with Crippen LogP contribution >= 0.6 is 0 Å². The molecule has 0 aromatic heterocycles. The Bertz CT molecular complexity index is 610. The van der Waals surface area contributed by atoms with Crippen molar-refractivity contribution >= 4 is 5.91 Å². The van der Waals surface area contributed by atoms with E-state index in [4.69, 9.17) is 5.26 Å². The molecule has 0 radical (unpaired) electrons. The van der Waals surface area contributed by atoms with Crippen molar-refractivity contribution in [3.63, 3.8) is 0 Å². The van der Waals surface area contributed by atoms with Gasteiger partial charge in [-0.25, -0.2) is 4.39 Å². The number of amides is 1. The fourth-order valence-corrected chi connectivity index (χ4v) is 2.05. The minimum absolute atomic E-state index is 0.108. The summed E-state index contributed by atoms with van der Waals surface area (Å²) in [6.07, 6.45) is 0. The molecular formula is C15H16FN3O. The summed E-state index contributed by atoms with van der Waals surface area (Å²) in [4.78, 5) is 13.7. The molecule has 0 bridgehead atoms. The van der Waals surface area contributed by atoms with Crippen molar-refractivity contribution < 1.29 is 9.18 Å². The summed E-state index contributed by atoms with van der Waals surface area (Å²) in [7, 11) is 1.64. The molecule has 1 amide bonds. The van der Waals surface area contributed by atoms with E-state index in [9.17, 15) is 9.18 Å². The quantitative estimate of drug-likeness (QED) is 0.851. The Kier molecular flexibility index (Phi) is 4.16. The fourth-order valence-electron chi connectivity index (χ4n) is 2.05. The van der Waals surface area contributed by atoms with E-state index in [-0.39, 0.29) is 12.5 Å². The monoisotopic (exact) mass is 273 g/mol. The Hall–Kier alpha value is -2.19. The Labute approximate surface area is 117 Å². The molecule has 1 N–H and O–H groups in total. The normalized spacial score (nSPS) is 13.4. The summed E-state index contributed by atoms with van der Waals surface area (Å²) in [5.74, 6) is -0.512. The molecule has 0 atom stereocenters. The highest BCUT2D eigenvalue weighted by Gasteiger charge is 2.19. The molecule has 1 aromatic rings. The molecule has 1 aromatic carbocycles. The van der Waals surface area contributed by atoms with E-state index in [1.807, 2.05) is 6.07 Å². The van der Waals surface area contributed by atoms with Gasteiger partial charge in [-0.3, -0.25) is 4.79 Å². The molecule has 4 nitrogen and oxygen atoms in total. The van der Waals surface area contributed by atoms with Crippen molar-refractivity contribution in [1.29, 1.82) is 5.26 Å². The zero-order valence-corrected chi connectivity index (χ0v) is 11.5. The van der Waals surface area contributed by atoms with E-state index in [2.05, 4.69) is 5.32 Å². The Morgan fingerprint density at radius 3 is 2.75 bits per heavy atom. The molecule has 5 heteroatoms. The summed E-state index contributed by atoms with van der Waals surface area (Å²) in [5.41, 5.74) is 2.54. The molecule has 0 saturated carbocycles. The van der Waals surface area contributed by atoms with Crippen molar-refractivity contribution in [3.05, 3.63) is 46.3 Å². The van der Waals surface area contributed by atoms with Crippen LogP contribution in [-0.4, -0.2) is 30.9 Å². The lowest BCUT2D eigenvalue weighted by molar-refractivity contribution is -0.126. The summed E-state index contributed by atoms with van der Waals surface area (Å²) in [6, 6.07) is 6.13. The number of hydrogen-bond donors (Lipinski definition) is 1. The number of nitriles is 1. The lowest BCUT2D eigenvalue weighted by atomic mass is 10.0. The topological polar surface area (TPSA) is 56.1 Å². The van der Waals surface area contributed by atoms with E-state index in [1.165, 1.54) is 23.1 Å². The number of likely N-dealkylation sites (N-methyl/N-ethyl adjacent to an activating group) is 1. The smallest absolute Gasteiger partial charge is 0.249 e. The van der Waals surface area contributed by atoms with E-state index in [0.717, 1.165) is 18.7 Å². The zero-order chi connectivity index (χ0) is 14.7. The second-order valence-corrected chi connectivity index (χ2v) is 4.91. The van der Waals surface area contributed by atoms with Crippen LogP contribution in [0.1, 0.15) is 18.1 Å².